The van der Waals surface area contributed by atoms with Crippen LogP contribution in [0.3, 0.4) is 0 Å². The van der Waals surface area contributed by atoms with E-state index < -0.39 is 0 Å². The zero-order chi connectivity index (χ0) is 15.2. The van der Waals surface area contributed by atoms with E-state index in [9.17, 15) is 0 Å². The van der Waals surface area contributed by atoms with Gasteiger partial charge in [0.2, 0.25) is 0 Å². The van der Waals surface area contributed by atoms with E-state index in [0.29, 0.717) is 6.04 Å². The van der Waals surface area contributed by atoms with Crippen molar-refractivity contribution in [3.63, 3.8) is 0 Å². The molecule has 1 aliphatic heterocycles. The summed E-state index contributed by atoms with van der Waals surface area (Å²) in [6.45, 7) is 14.0. The summed E-state index contributed by atoms with van der Waals surface area (Å²) in [7, 11) is 0. The zero-order valence-electron chi connectivity index (χ0n) is 14.3. The number of aryl methyl sites for hydroxylation is 2. The van der Waals surface area contributed by atoms with Crippen LogP contribution in [0.15, 0.2) is 18.2 Å². The summed E-state index contributed by atoms with van der Waals surface area (Å²) >= 11 is 0. The Morgan fingerprint density at radius 2 is 1.81 bits per heavy atom. The van der Waals surface area contributed by atoms with E-state index in [0.717, 1.165) is 12.5 Å². The van der Waals surface area contributed by atoms with Gasteiger partial charge in [0.15, 0.2) is 0 Å². The largest absolute Gasteiger partial charge is 0.310 e. The van der Waals surface area contributed by atoms with Crippen LogP contribution in [0.1, 0.15) is 55.8 Å². The van der Waals surface area contributed by atoms with Crippen molar-refractivity contribution in [2.45, 2.75) is 53.0 Å². The molecule has 1 heterocycles. The van der Waals surface area contributed by atoms with Crippen molar-refractivity contribution in [2.24, 2.45) is 5.92 Å². The number of benzene rings is 1. The summed E-state index contributed by atoms with van der Waals surface area (Å²) in [5.74, 6) is 0.718. The number of piperidine rings is 1. The molecule has 0 bridgehead atoms. The minimum absolute atomic E-state index is 0.439. The molecule has 1 fully saturated rings. The molecular formula is C19H32N2. The van der Waals surface area contributed by atoms with Gasteiger partial charge in [-0.05, 0) is 70.3 Å². The summed E-state index contributed by atoms with van der Waals surface area (Å²) in [4.78, 5) is 2.64. The van der Waals surface area contributed by atoms with Gasteiger partial charge in [0, 0.05) is 12.6 Å². The number of likely N-dealkylation sites (tertiary alicyclic amines) is 1. The molecule has 0 amide bonds. The second-order valence-electron chi connectivity index (χ2n) is 6.96. The Labute approximate surface area is 130 Å². The van der Waals surface area contributed by atoms with Crippen LogP contribution in [-0.2, 0) is 0 Å². The lowest BCUT2D eigenvalue weighted by Crippen LogP contribution is -2.37. The van der Waals surface area contributed by atoms with Gasteiger partial charge in [-0.15, -0.1) is 0 Å². The smallest absolute Gasteiger partial charge is 0.0294 e. The maximum absolute atomic E-state index is 3.73. The highest BCUT2D eigenvalue weighted by atomic mass is 15.1. The molecule has 1 aliphatic rings. The molecule has 1 N–H and O–H groups in total. The summed E-state index contributed by atoms with van der Waals surface area (Å²) in [5.41, 5.74) is 4.19. The van der Waals surface area contributed by atoms with Gasteiger partial charge in [-0.3, -0.25) is 0 Å². The average molecular weight is 288 g/mol. The lowest BCUT2D eigenvalue weighted by molar-refractivity contribution is 0.197. The molecule has 0 aliphatic carbocycles. The monoisotopic (exact) mass is 288 g/mol. The van der Waals surface area contributed by atoms with Gasteiger partial charge in [-0.2, -0.15) is 0 Å². The Morgan fingerprint density at radius 1 is 1.10 bits per heavy atom. The summed E-state index contributed by atoms with van der Waals surface area (Å²) in [6, 6.07) is 7.20. The Hall–Kier alpha value is -0.860. The molecule has 0 aromatic heterocycles. The second-order valence-corrected chi connectivity index (χ2v) is 6.96. The van der Waals surface area contributed by atoms with Crippen LogP contribution in [0, 0.1) is 19.8 Å². The highest BCUT2D eigenvalue weighted by Gasteiger charge is 2.15. The van der Waals surface area contributed by atoms with Gasteiger partial charge in [-0.25, -0.2) is 0 Å². The third-order valence-corrected chi connectivity index (χ3v) is 4.69. The van der Waals surface area contributed by atoms with E-state index >= 15 is 0 Å². The minimum atomic E-state index is 0.439. The van der Waals surface area contributed by atoms with Gasteiger partial charge in [0.1, 0.15) is 0 Å². The Morgan fingerprint density at radius 3 is 2.52 bits per heavy atom. The molecule has 2 atom stereocenters. The Balaban J connectivity index is 1.79. The van der Waals surface area contributed by atoms with Gasteiger partial charge in [0.25, 0.3) is 0 Å². The molecule has 21 heavy (non-hydrogen) atoms. The molecule has 2 nitrogen and oxygen atoms in total. The third-order valence-electron chi connectivity index (χ3n) is 4.69. The normalized spacial score (nSPS) is 19.4. The van der Waals surface area contributed by atoms with E-state index in [-0.39, 0.29) is 0 Å². The first-order valence-electron chi connectivity index (χ1n) is 8.59. The van der Waals surface area contributed by atoms with E-state index in [1.54, 1.807) is 0 Å². The fourth-order valence-corrected chi connectivity index (χ4v) is 3.36. The van der Waals surface area contributed by atoms with Crippen LogP contribution in [0.5, 0.6) is 0 Å². The fraction of sp³-hybridized carbons (Fsp3) is 0.684. The van der Waals surface area contributed by atoms with Crippen LogP contribution in [0.4, 0.5) is 0 Å². The van der Waals surface area contributed by atoms with Crippen molar-refractivity contribution in [1.82, 2.24) is 10.2 Å². The van der Waals surface area contributed by atoms with Crippen molar-refractivity contribution in [2.75, 3.05) is 26.2 Å². The van der Waals surface area contributed by atoms with Crippen molar-refractivity contribution in [3.8, 4) is 0 Å². The predicted octanol–water partition coefficient (Wildman–Crippen LogP) is 4.08. The first-order valence-corrected chi connectivity index (χ1v) is 8.59. The SMILES string of the molecule is Cc1ccc(C)c(C(C)NCC(C)CN2CCCCC2)c1. The van der Waals surface area contributed by atoms with Crippen LogP contribution in [-0.4, -0.2) is 31.1 Å². The van der Waals surface area contributed by atoms with Crippen LogP contribution < -0.4 is 5.32 Å². The fourth-order valence-electron chi connectivity index (χ4n) is 3.36. The van der Waals surface area contributed by atoms with Crippen LogP contribution in [0.25, 0.3) is 0 Å². The molecule has 0 saturated carbocycles. The predicted molar refractivity (Wildman–Crippen MR) is 91.8 cm³/mol. The second kappa shape index (κ2) is 7.95. The molecule has 0 spiro atoms. The molecule has 0 radical (unpaired) electrons. The quantitative estimate of drug-likeness (QED) is 0.848. The maximum atomic E-state index is 3.73. The maximum Gasteiger partial charge on any atom is 0.0294 e. The molecule has 2 rings (SSSR count). The number of nitrogens with one attached hydrogen (secondary N) is 1. The van der Waals surface area contributed by atoms with E-state index in [2.05, 4.69) is 56.1 Å². The van der Waals surface area contributed by atoms with Gasteiger partial charge >= 0.3 is 0 Å². The van der Waals surface area contributed by atoms with Gasteiger partial charge in [-0.1, -0.05) is 37.1 Å². The summed E-state index contributed by atoms with van der Waals surface area (Å²) in [5, 5.41) is 3.73. The van der Waals surface area contributed by atoms with E-state index in [1.807, 2.05) is 0 Å². The zero-order valence-corrected chi connectivity index (χ0v) is 14.3. The summed E-state index contributed by atoms with van der Waals surface area (Å²) in [6.07, 6.45) is 4.20. The number of nitrogens with zero attached hydrogens (tertiary/aromatic N) is 1. The Kier molecular flexibility index (Phi) is 6.25. The molecule has 1 saturated heterocycles. The highest BCUT2D eigenvalue weighted by Crippen LogP contribution is 2.19. The topological polar surface area (TPSA) is 15.3 Å². The average Bonchev–Trinajstić information content (AvgIpc) is 2.48. The lowest BCUT2D eigenvalue weighted by atomic mass is 9.99. The molecule has 118 valence electrons. The standard InChI is InChI=1S/C19H32N2/c1-15-8-9-17(3)19(12-15)18(4)20-13-16(2)14-21-10-6-5-7-11-21/h8-9,12,16,18,20H,5-7,10-11,13-14H2,1-4H3. The molecule has 1 aromatic carbocycles. The van der Waals surface area contributed by atoms with Gasteiger partial charge < -0.3 is 10.2 Å². The van der Waals surface area contributed by atoms with Crippen molar-refractivity contribution in [1.29, 1.82) is 0 Å². The number of rotatable bonds is 6. The number of hydrogen-bond donors (Lipinski definition) is 1. The van der Waals surface area contributed by atoms with Crippen LogP contribution >= 0.6 is 0 Å². The van der Waals surface area contributed by atoms with Crippen molar-refractivity contribution < 1.29 is 0 Å². The first-order chi connectivity index (χ1) is 10.1. The highest BCUT2D eigenvalue weighted by molar-refractivity contribution is 5.32. The summed E-state index contributed by atoms with van der Waals surface area (Å²) < 4.78 is 0. The van der Waals surface area contributed by atoms with E-state index in [1.165, 1.54) is 55.6 Å². The van der Waals surface area contributed by atoms with Crippen LogP contribution in [0.2, 0.25) is 0 Å². The Bertz CT molecular complexity index is 435. The van der Waals surface area contributed by atoms with Gasteiger partial charge in [0.05, 0.1) is 0 Å². The lowest BCUT2D eigenvalue weighted by Gasteiger charge is -2.29. The molecule has 1 aromatic rings. The molecule has 2 heteroatoms. The first kappa shape index (κ1) is 16.5. The van der Waals surface area contributed by atoms with Crippen molar-refractivity contribution in [3.05, 3.63) is 34.9 Å². The van der Waals surface area contributed by atoms with E-state index in [4.69, 9.17) is 0 Å². The molecular weight excluding hydrogens is 256 g/mol. The minimum Gasteiger partial charge on any atom is -0.310 e. The number of hydrogen-bond acceptors (Lipinski definition) is 2. The third kappa shape index (κ3) is 5.12. The molecule has 2 unspecified atom stereocenters. The van der Waals surface area contributed by atoms with Crippen molar-refractivity contribution >= 4 is 0 Å².